The van der Waals surface area contributed by atoms with Crippen molar-refractivity contribution >= 4 is 5.91 Å². The molecule has 21 heavy (non-hydrogen) atoms. The summed E-state index contributed by atoms with van der Waals surface area (Å²) in [5.74, 6) is 5.86. The second-order valence-electron chi connectivity index (χ2n) is 4.95. The van der Waals surface area contributed by atoms with E-state index in [0.29, 0.717) is 22.6 Å². The molecule has 1 saturated carbocycles. The Morgan fingerprint density at radius 2 is 2.00 bits per heavy atom. The predicted molar refractivity (Wildman–Crippen MR) is 73.7 cm³/mol. The van der Waals surface area contributed by atoms with Crippen LogP contribution in [0.25, 0.3) is 11.1 Å². The Morgan fingerprint density at radius 1 is 1.29 bits per heavy atom. The summed E-state index contributed by atoms with van der Waals surface area (Å²) < 4.78 is 12.8. The quantitative estimate of drug-likeness (QED) is 0.505. The number of hydrogen-bond acceptors (Lipinski definition) is 5. The first-order chi connectivity index (χ1) is 10.2. The second-order valence-corrected chi connectivity index (χ2v) is 4.95. The topological polar surface area (TPSA) is 93.8 Å². The fourth-order valence-corrected chi connectivity index (χ4v) is 2.08. The number of aromatic nitrogens is 3. The third kappa shape index (κ3) is 2.73. The Kier molecular flexibility index (Phi) is 3.57. The zero-order valence-corrected chi connectivity index (χ0v) is 11.2. The van der Waals surface area contributed by atoms with Crippen molar-refractivity contribution in [3.8, 4) is 11.1 Å². The van der Waals surface area contributed by atoms with E-state index in [4.69, 9.17) is 5.84 Å². The van der Waals surface area contributed by atoms with Crippen LogP contribution in [0.2, 0.25) is 0 Å². The van der Waals surface area contributed by atoms with Gasteiger partial charge in [0.25, 0.3) is 5.91 Å². The summed E-state index contributed by atoms with van der Waals surface area (Å²) in [5.41, 5.74) is 3.61. The number of hydrazine groups is 1. The number of alkyl halides is 1. The molecule has 1 amide bonds. The monoisotopic (exact) mass is 287 g/mol. The number of pyridine rings is 1. The van der Waals surface area contributed by atoms with Gasteiger partial charge in [0.2, 0.25) is 0 Å². The maximum absolute atomic E-state index is 12.8. The molecule has 7 heteroatoms. The normalized spacial score (nSPS) is 14.0. The van der Waals surface area contributed by atoms with E-state index in [0.717, 1.165) is 18.7 Å². The average molecular weight is 287 g/mol. The third-order valence-electron chi connectivity index (χ3n) is 3.37. The molecule has 0 aliphatic heterocycles. The minimum Gasteiger partial charge on any atom is -0.289 e. The smallest absolute Gasteiger partial charge is 0.284 e. The first kappa shape index (κ1) is 13.6. The van der Waals surface area contributed by atoms with E-state index < -0.39 is 12.6 Å². The van der Waals surface area contributed by atoms with Crippen LogP contribution in [0.5, 0.6) is 0 Å². The van der Waals surface area contributed by atoms with E-state index in [1.807, 2.05) is 5.43 Å². The lowest BCUT2D eigenvalue weighted by Gasteiger charge is -2.09. The van der Waals surface area contributed by atoms with Crippen molar-refractivity contribution in [3.05, 3.63) is 41.7 Å². The van der Waals surface area contributed by atoms with Gasteiger partial charge in [-0.1, -0.05) is 0 Å². The number of amides is 1. The lowest BCUT2D eigenvalue weighted by molar-refractivity contribution is 0.0949. The molecule has 0 radical (unpaired) electrons. The largest absolute Gasteiger partial charge is 0.289 e. The van der Waals surface area contributed by atoms with Crippen LogP contribution in [-0.2, 0) is 6.67 Å². The van der Waals surface area contributed by atoms with Gasteiger partial charge in [0, 0.05) is 41.2 Å². The van der Waals surface area contributed by atoms with Crippen LogP contribution in [-0.4, -0.2) is 20.9 Å². The highest BCUT2D eigenvalue weighted by molar-refractivity contribution is 5.98. The molecule has 6 nitrogen and oxygen atoms in total. The van der Waals surface area contributed by atoms with Crippen LogP contribution in [0.4, 0.5) is 4.39 Å². The molecule has 1 fully saturated rings. The predicted octanol–water partition coefficient (Wildman–Crippen LogP) is 1.49. The number of rotatable bonds is 4. The molecule has 0 spiro atoms. The van der Waals surface area contributed by atoms with Gasteiger partial charge in [0.1, 0.15) is 18.2 Å². The summed E-state index contributed by atoms with van der Waals surface area (Å²) >= 11 is 0. The molecule has 0 saturated heterocycles. The van der Waals surface area contributed by atoms with Crippen molar-refractivity contribution in [2.45, 2.75) is 25.4 Å². The summed E-state index contributed by atoms with van der Waals surface area (Å²) in [6.07, 6.45) is 6.80. The lowest BCUT2D eigenvalue weighted by Crippen LogP contribution is -2.31. The zero-order valence-electron chi connectivity index (χ0n) is 11.2. The molecule has 108 valence electrons. The van der Waals surface area contributed by atoms with Gasteiger partial charge < -0.3 is 0 Å². The minimum absolute atomic E-state index is 0.123. The molecule has 0 bridgehead atoms. The molecule has 0 aromatic carbocycles. The van der Waals surface area contributed by atoms with Crippen LogP contribution in [0, 0.1) is 0 Å². The molecular weight excluding hydrogens is 273 g/mol. The molecule has 3 N–H and O–H groups in total. The fraction of sp³-hybridized carbons (Fsp3) is 0.286. The first-order valence-corrected chi connectivity index (χ1v) is 6.61. The fourth-order valence-electron chi connectivity index (χ4n) is 2.08. The van der Waals surface area contributed by atoms with Crippen molar-refractivity contribution in [2.24, 2.45) is 5.84 Å². The summed E-state index contributed by atoms with van der Waals surface area (Å²) in [7, 11) is 0. The maximum Gasteiger partial charge on any atom is 0.284 e. The molecule has 0 unspecified atom stereocenters. The number of nitrogens with one attached hydrogen (secondary N) is 1. The Balaban J connectivity index is 2.03. The SMILES string of the molecule is NNC(=O)c1ncc(CF)cc1-c1cnc(C2CC2)nc1. The molecule has 0 atom stereocenters. The number of carbonyl (C=O) groups is 1. The lowest BCUT2D eigenvalue weighted by atomic mass is 10.0. The number of nitrogens with zero attached hydrogens (tertiary/aromatic N) is 3. The van der Waals surface area contributed by atoms with E-state index in [2.05, 4.69) is 15.0 Å². The van der Waals surface area contributed by atoms with E-state index in [-0.39, 0.29) is 5.69 Å². The molecule has 1 aliphatic carbocycles. The van der Waals surface area contributed by atoms with Gasteiger partial charge in [-0.25, -0.2) is 25.2 Å². The van der Waals surface area contributed by atoms with E-state index in [9.17, 15) is 9.18 Å². The van der Waals surface area contributed by atoms with Crippen molar-refractivity contribution < 1.29 is 9.18 Å². The Bertz CT molecular complexity index is 670. The number of carbonyl (C=O) groups excluding carboxylic acids is 1. The number of halogens is 1. The number of hydrogen-bond donors (Lipinski definition) is 2. The second kappa shape index (κ2) is 5.53. The van der Waals surface area contributed by atoms with Gasteiger partial charge in [0.05, 0.1) is 0 Å². The summed E-state index contributed by atoms with van der Waals surface area (Å²) in [6.45, 7) is -0.661. The van der Waals surface area contributed by atoms with Gasteiger partial charge in [0.15, 0.2) is 0 Å². The Hall–Kier alpha value is -2.41. The highest BCUT2D eigenvalue weighted by Crippen LogP contribution is 2.38. The molecule has 1 aliphatic rings. The maximum atomic E-state index is 12.8. The zero-order chi connectivity index (χ0) is 14.8. The Labute approximate surface area is 120 Å². The van der Waals surface area contributed by atoms with Crippen LogP contribution in [0.3, 0.4) is 0 Å². The third-order valence-corrected chi connectivity index (χ3v) is 3.37. The Morgan fingerprint density at radius 3 is 2.57 bits per heavy atom. The van der Waals surface area contributed by atoms with E-state index in [1.54, 1.807) is 18.5 Å². The highest BCUT2D eigenvalue weighted by Gasteiger charge is 2.26. The highest BCUT2D eigenvalue weighted by atomic mass is 19.1. The standard InChI is InChI=1S/C14H14FN5O/c15-4-8-3-11(12(17-5-8)14(21)20-16)10-6-18-13(19-7-10)9-1-2-9/h3,5-7,9H,1-2,4,16H2,(H,20,21). The summed E-state index contributed by atoms with van der Waals surface area (Å²) in [6, 6.07) is 1.56. The van der Waals surface area contributed by atoms with Crippen molar-refractivity contribution in [1.29, 1.82) is 0 Å². The van der Waals surface area contributed by atoms with E-state index >= 15 is 0 Å². The first-order valence-electron chi connectivity index (χ1n) is 6.61. The van der Waals surface area contributed by atoms with Crippen LogP contribution in [0.15, 0.2) is 24.7 Å². The average Bonchev–Trinajstić information content (AvgIpc) is 3.38. The molecular formula is C14H14FN5O. The van der Waals surface area contributed by atoms with Crippen LogP contribution >= 0.6 is 0 Å². The summed E-state index contributed by atoms with van der Waals surface area (Å²) in [5, 5.41) is 0. The van der Waals surface area contributed by atoms with Crippen molar-refractivity contribution in [3.63, 3.8) is 0 Å². The van der Waals surface area contributed by atoms with Crippen LogP contribution in [0.1, 0.15) is 40.6 Å². The summed E-state index contributed by atoms with van der Waals surface area (Å²) in [4.78, 5) is 24.3. The van der Waals surface area contributed by atoms with Crippen molar-refractivity contribution in [1.82, 2.24) is 20.4 Å². The number of nitrogen functional groups attached to an aromatic ring is 1. The minimum atomic E-state index is -0.661. The number of nitrogens with two attached hydrogens (primary N) is 1. The van der Waals surface area contributed by atoms with Gasteiger partial charge >= 0.3 is 0 Å². The van der Waals surface area contributed by atoms with Gasteiger partial charge in [-0.3, -0.25) is 10.2 Å². The van der Waals surface area contributed by atoms with Gasteiger partial charge in [-0.2, -0.15) is 0 Å². The van der Waals surface area contributed by atoms with E-state index in [1.165, 1.54) is 6.20 Å². The molecule has 2 heterocycles. The molecule has 3 rings (SSSR count). The molecule has 2 aromatic heterocycles. The molecule has 2 aromatic rings. The van der Waals surface area contributed by atoms with Gasteiger partial charge in [-0.15, -0.1) is 0 Å². The van der Waals surface area contributed by atoms with Crippen molar-refractivity contribution in [2.75, 3.05) is 0 Å². The van der Waals surface area contributed by atoms with Crippen LogP contribution < -0.4 is 11.3 Å². The van der Waals surface area contributed by atoms with Gasteiger partial charge in [-0.05, 0) is 18.9 Å².